The minimum atomic E-state index is -0.891. The lowest BCUT2D eigenvalue weighted by Crippen LogP contribution is -2.52. The molecule has 0 spiro atoms. The maximum atomic E-state index is 5.91. The summed E-state index contributed by atoms with van der Waals surface area (Å²) in [5.74, 6) is 0.640. The first-order valence-corrected chi connectivity index (χ1v) is 6.45. The molecule has 0 saturated heterocycles. The lowest BCUT2D eigenvalue weighted by Gasteiger charge is -2.31. The number of hydrogen-bond acceptors (Lipinski definition) is 3. The van der Waals surface area contributed by atoms with Gasteiger partial charge in [0.15, 0.2) is 0 Å². The summed E-state index contributed by atoms with van der Waals surface area (Å²) < 4.78 is 11.8. The van der Waals surface area contributed by atoms with Gasteiger partial charge in [-0.15, -0.1) is 0 Å². The van der Waals surface area contributed by atoms with Crippen molar-refractivity contribution in [3.05, 3.63) is 60.7 Å². The SMILES string of the molecule is CCNC(C)(Oc1ccccc1)Oc1ccccc1. The summed E-state index contributed by atoms with van der Waals surface area (Å²) in [6.45, 7) is 4.63. The first-order valence-electron chi connectivity index (χ1n) is 6.45. The molecular formula is C16H19NO2. The molecular weight excluding hydrogens is 238 g/mol. The second kappa shape index (κ2) is 6.25. The Morgan fingerprint density at radius 1 is 0.842 bits per heavy atom. The van der Waals surface area contributed by atoms with Crippen LogP contribution in [0.3, 0.4) is 0 Å². The Balaban J connectivity index is 2.13. The molecule has 0 amide bonds. The zero-order valence-corrected chi connectivity index (χ0v) is 11.3. The van der Waals surface area contributed by atoms with Gasteiger partial charge in [-0.1, -0.05) is 43.3 Å². The van der Waals surface area contributed by atoms with Gasteiger partial charge in [0.25, 0.3) is 0 Å². The number of nitrogens with one attached hydrogen (secondary N) is 1. The van der Waals surface area contributed by atoms with Gasteiger partial charge in [-0.2, -0.15) is 0 Å². The molecule has 1 N–H and O–H groups in total. The van der Waals surface area contributed by atoms with Gasteiger partial charge in [-0.3, -0.25) is 0 Å². The van der Waals surface area contributed by atoms with Crippen molar-refractivity contribution in [1.82, 2.24) is 5.32 Å². The van der Waals surface area contributed by atoms with Gasteiger partial charge in [-0.25, -0.2) is 5.32 Å². The van der Waals surface area contributed by atoms with Gasteiger partial charge >= 0.3 is 5.91 Å². The highest BCUT2D eigenvalue weighted by Crippen LogP contribution is 2.20. The van der Waals surface area contributed by atoms with E-state index in [2.05, 4.69) is 5.32 Å². The van der Waals surface area contributed by atoms with Crippen LogP contribution in [0.5, 0.6) is 11.5 Å². The smallest absolute Gasteiger partial charge is 0.310 e. The molecule has 19 heavy (non-hydrogen) atoms. The van der Waals surface area contributed by atoms with Crippen LogP contribution in [0.2, 0.25) is 0 Å². The number of rotatable bonds is 6. The van der Waals surface area contributed by atoms with Gasteiger partial charge in [0.2, 0.25) is 0 Å². The molecule has 0 aliphatic rings. The van der Waals surface area contributed by atoms with Crippen molar-refractivity contribution >= 4 is 0 Å². The van der Waals surface area contributed by atoms with Crippen molar-refractivity contribution < 1.29 is 9.47 Å². The predicted octanol–water partition coefficient (Wildman–Crippen LogP) is 3.43. The minimum absolute atomic E-state index is 0.746. The van der Waals surface area contributed by atoms with E-state index in [9.17, 15) is 0 Å². The second-order valence-corrected chi connectivity index (χ2v) is 4.31. The molecule has 0 unspecified atom stereocenters. The van der Waals surface area contributed by atoms with Crippen LogP contribution in [0, 0.1) is 0 Å². The summed E-state index contributed by atoms with van der Waals surface area (Å²) in [7, 11) is 0. The molecule has 3 nitrogen and oxygen atoms in total. The first-order chi connectivity index (χ1) is 9.22. The lowest BCUT2D eigenvalue weighted by molar-refractivity contribution is -0.123. The normalized spacial score (nSPS) is 11.1. The molecule has 0 aliphatic carbocycles. The van der Waals surface area contributed by atoms with Crippen LogP contribution < -0.4 is 14.8 Å². The lowest BCUT2D eigenvalue weighted by atomic mass is 10.3. The standard InChI is InChI=1S/C16H19NO2/c1-3-17-16(2,18-14-10-6-4-7-11-14)19-15-12-8-5-9-13-15/h4-13,17H,3H2,1-2H3. The van der Waals surface area contributed by atoms with Crippen LogP contribution in [0.15, 0.2) is 60.7 Å². The van der Waals surface area contributed by atoms with E-state index in [1.165, 1.54) is 0 Å². The summed E-state index contributed by atoms with van der Waals surface area (Å²) in [5, 5.41) is 3.21. The van der Waals surface area contributed by atoms with Crippen molar-refractivity contribution in [2.75, 3.05) is 6.54 Å². The first kappa shape index (κ1) is 13.4. The van der Waals surface area contributed by atoms with E-state index in [1.54, 1.807) is 0 Å². The molecule has 0 radical (unpaired) electrons. The van der Waals surface area contributed by atoms with Gasteiger partial charge in [0.05, 0.1) is 0 Å². The van der Waals surface area contributed by atoms with E-state index in [-0.39, 0.29) is 0 Å². The quantitative estimate of drug-likeness (QED) is 0.804. The number of benzene rings is 2. The summed E-state index contributed by atoms with van der Waals surface area (Å²) >= 11 is 0. The maximum absolute atomic E-state index is 5.91. The molecule has 0 fully saturated rings. The largest absolute Gasteiger partial charge is 0.440 e. The Morgan fingerprint density at radius 2 is 1.26 bits per heavy atom. The highest BCUT2D eigenvalue weighted by atomic mass is 16.7. The Bertz CT molecular complexity index is 443. The molecule has 3 heteroatoms. The van der Waals surface area contributed by atoms with E-state index >= 15 is 0 Å². The topological polar surface area (TPSA) is 30.5 Å². The molecule has 0 saturated carbocycles. The molecule has 0 atom stereocenters. The zero-order valence-electron chi connectivity index (χ0n) is 11.3. The minimum Gasteiger partial charge on any atom is -0.440 e. The average molecular weight is 257 g/mol. The van der Waals surface area contributed by atoms with E-state index in [0.717, 1.165) is 18.0 Å². The maximum Gasteiger partial charge on any atom is 0.310 e. The molecule has 2 aromatic carbocycles. The highest BCUT2D eigenvalue weighted by Gasteiger charge is 2.27. The Kier molecular flexibility index (Phi) is 4.42. The fourth-order valence-corrected chi connectivity index (χ4v) is 1.84. The van der Waals surface area contributed by atoms with Crippen LogP contribution in [0.25, 0.3) is 0 Å². The molecule has 0 bridgehead atoms. The van der Waals surface area contributed by atoms with Gasteiger partial charge in [0, 0.05) is 6.92 Å². The molecule has 2 rings (SSSR count). The van der Waals surface area contributed by atoms with Gasteiger partial charge in [-0.05, 0) is 30.8 Å². The van der Waals surface area contributed by atoms with E-state index < -0.39 is 5.91 Å². The number of ether oxygens (including phenoxy) is 2. The Morgan fingerprint density at radius 3 is 1.63 bits per heavy atom. The van der Waals surface area contributed by atoms with Crippen molar-refractivity contribution in [3.63, 3.8) is 0 Å². The number of hydrogen-bond donors (Lipinski definition) is 1. The Labute approximate surface area is 114 Å². The third-order valence-electron chi connectivity index (χ3n) is 2.61. The fraction of sp³-hybridized carbons (Fsp3) is 0.250. The van der Waals surface area contributed by atoms with Crippen LogP contribution in [-0.2, 0) is 0 Å². The molecule has 0 aliphatic heterocycles. The fourth-order valence-electron chi connectivity index (χ4n) is 1.84. The zero-order chi connectivity index (χ0) is 13.6. The molecule has 0 aromatic heterocycles. The third kappa shape index (κ3) is 4.00. The molecule has 0 heterocycles. The summed E-state index contributed by atoms with van der Waals surface area (Å²) in [5.41, 5.74) is 0. The Hall–Kier alpha value is -2.00. The summed E-state index contributed by atoms with van der Waals surface area (Å²) in [6.07, 6.45) is 0. The van der Waals surface area contributed by atoms with Crippen molar-refractivity contribution in [3.8, 4) is 11.5 Å². The van der Waals surface area contributed by atoms with Crippen LogP contribution in [0.1, 0.15) is 13.8 Å². The van der Waals surface area contributed by atoms with Crippen molar-refractivity contribution in [2.24, 2.45) is 0 Å². The summed E-state index contributed by atoms with van der Waals surface area (Å²) in [4.78, 5) is 0. The summed E-state index contributed by atoms with van der Waals surface area (Å²) in [6, 6.07) is 19.3. The van der Waals surface area contributed by atoms with E-state index in [1.807, 2.05) is 74.5 Å². The second-order valence-electron chi connectivity index (χ2n) is 4.31. The monoisotopic (exact) mass is 257 g/mol. The van der Waals surface area contributed by atoms with Crippen molar-refractivity contribution in [1.29, 1.82) is 0 Å². The van der Waals surface area contributed by atoms with E-state index in [4.69, 9.17) is 9.47 Å². The van der Waals surface area contributed by atoms with Gasteiger partial charge < -0.3 is 9.47 Å². The van der Waals surface area contributed by atoms with Crippen LogP contribution in [-0.4, -0.2) is 12.5 Å². The third-order valence-corrected chi connectivity index (χ3v) is 2.61. The average Bonchev–Trinajstić information content (AvgIpc) is 2.41. The molecule has 100 valence electrons. The van der Waals surface area contributed by atoms with Crippen LogP contribution >= 0.6 is 0 Å². The molecule has 2 aromatic rings. The number of para-hydroxylation sites is 2. The van der Waals surface area contributed by atoms with Gasteiger partial charge in [0.1, 0.15) is 11.5 Å². The predicted molar refractivity (Wildman–Crippen MR) is 76.2 cm³/mol. The van der Waals surface area contributed by atoms with E-state index in [0.29, 0.717) is 0 Å². The van der Waals surface area contributed by atoms with Crippen molar-refractivity contribution in [2.45, 2.75) is 19.8 Å². The van der Waals surface area contributed by atoms with Crippen LogP contribution in [0.4, 0.5) is 0 Å². The highest BCUT2D eigenvalue weighted by molar-refractivity contribution is 5.24.